The summed E-state index contributed by atoms with van der Waals surface area (Å²) in [7, 11) is 0. The summed E-state index contributed by atoms with van der Waals surface area (Å²) >= 11 is 0. The smallest absolute Gasteiger partial charge is 0.0584 e. The molecule has 1 atom stereocenters. The Kier molecular flexibility index (Phi) is 8.88. The van der Waals surface area contributed by atoms with Crippen LogP contribution in [-0.2, 0) is 0 Å². The van der Waals surface area contributed by atoms with Gasteiger partial charge in [-0.25, -0.2) is 0 Å². The fourth-order valence-corrected chi connectivity index (χ4v) is 1.26. The van der Waals surface area contributed by atoms with Crippen LogP contribution in [0.4, 0.5) is 0 Å². The zero-order valence-corrected chi connectivity index (χ0v) is 7.92. The minimum absolute atomic E-state index is 0.250. The summed E-state index contributed by atoms with van der Waals surface area (Å²) in [6, 6.07) is 0.382. The van der Waals surface area contributed by atoms with E-state index in [0.717, 1.165) is 13.0 Å². The number of rotatable bonds is 1. The zero-order chi connectivity index (χ0) is 9.23. The topological polar surface area (TPSA) is 52.5 Å². The Morgan fingerprint density at radius 1 is 1.25 bits per heavy atom. The van der Waals surface area contributed by atoms with Gasteiger partial charge in [0.25, 0.3) is 0 Å². The molecule has 0 aromatic carbocycles. The SMILES string of the molecule is CCO.OCC1CCCCCN1. The molecular formula is C9H21NO2. The van der Waals surface area contributed by atoms with E-state index in [9.17, 15) is 0 Å². The summed E-state index contributed by atoms with van der Waals surface area (Å²) in [6.45, 7) is 3.32. The first kappa shape index (κ1) is 11.9. The molecule has 0 aliphatic carbocycles. The van der Waals surface area contributed by atoms with Crippen LogP contribution in [0.15, 0.2) is 0 Å². The standard InChI is InChI=1S/C7H15NO.C2H6O/c9-6-7-4-2-1-3-5-8-7;1-2-3/h7-9H,1-6H2;3H,2H2,1H3. The van der Waals surface area contributed by atoms with Gasteiger partial charge in [0.2, 0.25) is 0 Å². The number of hydrogen-bond donors (Lipinski definition) is 3. The van der Waals surface area contributed by atoms with Crippen molar-refractivity contribution >= 4 is 0 Å². The molecule has 0 spiro atoms. The lowest BCUT2D eigenvalue weighted by Gasteiger charge is -2.10. The third-order valence-corrected chi connectivity index (χ3v) is 1.88. The third kappa shape index (κ3) is 6.58. The highest BCUT2D eigenvalue weighted by atomic mass is 16.3. The van der Waals surface area contributed by atoms with Gasteiger partial charge in [0, 0.05) is 12.6 Å². The van der Waals surface area contributed by atoms with Gasteiger partial charge in [-0.3, -0.25) is 0 Å². The van der Waals surface area contributed by atoms with Crippen molar-refractivity contribution < 1.29 is 10.2 Å². The van der Waals surface area contributed by atoms with Crippen LogP contribution in [-0.4, -0.2) is 36.0 Å². The summed E-state index contributed by atoms with van der Waals surface area (Å²) in [4.78, 5) is 0. The average molecular weight is 175 g/mol. The second kappa shape index (κ2) is 8.97. The highest BCUT2D eigenvalue weighted by Crippen LogP contribution is 2.06. The molecule has 3 nitrogen and oxygen atoms in total. The second-order valence-electron chi connectivity index (χ2n) is 3.00. The molecular weight excluding hydrogens is 154 g/mol. The Bertz CT molecular complexity index is 80.6. The van der Waals surface area contributed by atoms with Crippen molar-refractivity contribution in [1.82, 2.24) is 5.32 Å². The first-order valence-electron chi connectivity index (χ1n) is 4.80. The largest absolute Gasteiger partial charge is 0.397 e. The summed E-state index contributed by atoms with van der Waals surface area (Å²) < 4.78 is 0. The van der Waals surface area contributed by atoms with Crippen molar-refractivity contribution in [2.45, 2.75) is 38.6 Å². The normalized spacial score (nSPS) is 23.8. The third-order valence-electron chi connectivity index (χ3n) is 1.88. The molecule has 0 aromatic heterocycles. The fraction of sp³-hybridized carbons (Fsp3) is 1.00. The number of aliphatic hydroxyl groups is 2. The van der Waals surface area contributed by atoms with Crippen molar-refractivity contribution in [3.05, 3.63) is 0 Å². The minimum atomic E-state index is 0.250. The minimum Gasteiger partial charge on any atom is -0.397 e. The molecule has 0 amide bonds. The molecule has 1 heterocycles. The van der Waals surface area contributed by atoms with Gasteiger partial charge >= 0.3 is 0 Å². The Labute approximate surface area is 74.8 Å². The van der Waals surface area contributed by atoms with Crippen LogP contribution < -0.4 is 5.32 Å². The summed E-state index contributed by atoms with van der Waals surface area (Å²) in [5.41, 5.74) is 0. The average Bonchev–Trinajstić information content (AvgIpc) is 2.33. The Morgan fingerprint density at radius 3 is 2.50 bits per heavy atom. The van der Waals surface area contributed by atoms with Gasteiger partial charge in [-0.2, -0.15) is 0 Å². The van der Waals surface area contributed by atoms with E-state index in [-0.39, 0.29) is 6.61 Å². The molecule has 1 unspecified atom stereocenters. The van der Waals surface area contributed by atoms with E-state index in [4.69, 9.17) is 10.2 Å². The lowest BCUT2D eigenvalue weighted by Crippen LogP contribution is -2.31. The Balaban J connectivity index is 0.000000354. The Hall–Kier alpha value is -0.120. The van der Waals surface area contributed by atoms with Crippen LogP contribution in [0.1, 0.15) is 32.6 Å². The molecule has 1 rings (SSSR count). The van der Waals surface area contributed by atoms with Gasteiger partial charge in [0.15, 0.2) is 0 Å². The maximum atomic E-state index is 8.75. The van der Waals surface area contributed by atoms with Crippen LogP contribution in [0.2, 0.25) is 0 Å². The van der Waals surface area contributed by atoms with Crippen LogP contribution in [0, 0.1) is 0 Å². The first-order valence-corrected chi connectivity index (χ1v) is 4.80. The molecule has 12 heavy (non-hydrogen) atoms. The van der Waals surface area contributed by atoms with E-state index in [1.165, 1.54) is 19.3 Å². The molecule has 0 bridgehead atoms. The van der Waals surface area contributed by atoms with Crippen LogP contribution in [0.25, 0.3) is 0 Å². The van der Waals surface area contributed by atoms with E-state index in [0.29, 0.717) is 12.6 Å². The van der Waals surface area contributed by atoms with Crippen LogP contribution >= 0.6 is 0 Å². The Morgan fingerprint density at radius 2 is 1.92 bits per heavy atom. The highest BCUT2D eigenvalue weighted by Gasteiger charge is 2.08. The van der Waals surface area contributed by atoms with E-state index in [1.807, 2.05) is 0 Å². The molecule has 1 aliphatic heterocycles. The van der Waals surface area contributed by atoms with Gasteiger partial charge in [-0.05, 0) is 26.3 Å². The summed E-state index contributed by atoms with van der Waals surface area (Å²) in [5.74, 6) is 0. The number of aliphatic hydroxyl groups excluding tert-OH is 2. The van der Waals surface area contributed by atoms with Crippen molar-refractivity contribution in [1.29, 1.82) is 0 Å². The second-order valence-corrected chi connectivity index (χ2v) is 3.00. The van der Waals surface area contributed by atoms with E-state index < -0.39 is 0 Å². The molecule has 0 saturated carbocycles. The van der Waals surface area contributed by atoms with Crippen molar-refractivity contribution in [3.63, 3.8) is 0 Å². The number of hydrogen-bond acceptors (Lipinski definition) is 3. The summed E-state index contributed by atoms with van der Waals surface area (Å²) in [6.07, 6.45) is 5.02. The monoisotopic (exact) mass is 175 g/mol. The molecule has 74 valence electrons. The van der Waals surface area contributed by atoms with Gasteiger partial charge in [0.1, 0.15) is 0 Å². The summed E-state index contributed by atoms with van der Waals surface area (Å²) in [5, 5.41) is 19.6. The quantitative estimate of drug-likeness (QED) is 0.544. The van der Waals surface area contributed by atoms with Crippen molar-refractivity contribution in [3.8, 4) is 0 Å². The molecule has 1 saturated heterocycles. The molecule has 1 aliphatic rings. The lowest BCUT2D eigenvalue weighted by molar-refractivity contribution is 0.240. The fourth-order valence-electron chi connectivity index (χ4n) is 1.26. The molecule has 0 aromatic rings. The van der Waals surface area contributed by atoms with Crippen molar-refractivity contribution in [2.75, 3.05) is 19.8 Å². The lowest BCUT2D eigenvalue weighted by atomic mass is 10.1. The van der Waals surface area contributed by atoms with E-state index >= 15 is 0 Å². The molecule has 3 N–H and O–H groups in total. The van der Waals surface area contributed by atoms with Crippen molar-refractivity contribution in [2.24, 2.45) is 0 Å². The first-order chi connectivity index (χ1) is 5.85. The van der Waals surface area contributed by atoms with E-state index in [1.54, 1.807) is 6.92 Å². The predicted molar refractivity (Wildman–Crippen MR) is 50.1 cm³/mol. The zero-order valence-electron chi connectivity index (χ0n) is 7.92. The van der Waals surface area contributed by atoms with Gasteiger partial charge in [-0.15, -0.1) is 0 Å². The maximum absolute atomic E-state index is 8.75. The maximum Gasteiger partial charge on any atom is 0.0584 e. The van der Waals surface area contributed by atoms with Gasteiger partial charge in [-0.1, -0.05) is 12.8 Å². The molecule has 3 heteroatoms. The molecule has 1 fully saturated rings. The highest BCUT2D eigenvalue weighted by molar-refractivity contribution is 4.68. The molecule has 0 radical (unpaired) electrons. The number of nitrogens with one attached hydrogen (secondary N) is 1. The van der Waals surface area contributed by atoms with Gasteiger partial charge in [0.05, 0.1) is 6.61 Å². The van der Waals surface area contributed by atoms with Gasteiger partial charge < -0.3 is 15.5 Å². The predicted octanol–water partition coefficient (Wildman–Crippen LogP) is 0.509. The van der Waals surface area contributed by atoms with E-state index in [2.05, 4.69) is 5.32 Å². The van der Waals surface area contributed by atoms with Crippen LogP contribution in [0.3, 0.4) is 0 Å². The van der Waals surface area contributed by atoms with Crippen LogP contribution in [0.5, 0.6) is 0 Å².